The molecule has 1 unspecified atom stereocenters. The van der Waals surface area contributed by atoms with Gasteiger partial charge in [0.25, 0.3) is 0 Å². The highest BCUT2D eigenvalue weighted by molar-refractivity contribution is 5.94. The van der Waals surface area contributed by atoms with Gasteiger partial charge in [-0.1, -0.05) is 24.3 Å². The molecule has 122 valence electrons. The number of benzene rings is 2. The van der Waals surface area contributed by atoms with Crippen LogP contribution in [0.5, 0.6) is 0 Å². The Bertz CT molecular complexity index is 1070. The first-order valence-corrected chi connectivity index (χ1v) is 7.97. The maximum Gasteiger partial charge on any atom is 0.212 e. The molecule has 2 aromatic carbocycles. The van der Waals surface area contributed by atoms with Crippen molar-refractivity contribution in [3.05, 3.63) is 72.6 Å². The van der Waals surface area contributed by atoms with E-state index in [9.17, 15) is 0 Å². The zero-order valence-corrected chi connectivity index (χ0v) is 13.2. The van der Waals surface area contributed by atoms with E-state index in [2.05, 4.69) is 25.0 Å². The highest BCUT2D eigenvalue weighted by atomic mass is 15.4. The average Bonchev–Trinajstić information content (AvgIpc) is 3.28. The number of fused-ring (bicyclic) bond motifs is 3. The molecule has 0 saturated heterocycles. The van der Waals surface area contributed by atoms with Crippen molar-refractivity contribution in [2.45, 2.75) is 6.17 Å². The van der Waals surface area contributed by atoms with Crippen LogP contribution in [0.4, 0.5) is 5.95 Å². The first-order valence-electron chi connectivity index (χ1n) is 7.97. The van der Waals surface area contributed by atoms with E-state index in [4.69, 9.17) is 5.73 Å². The van der Waals surface area contributed by atoms with Crippen molar-refractivity contribution in [3.8, 4) is 5.69 Å². The summed E-state index contributed by atoms with van der Waals surface area (Å²) in [5.41, 5.74) is 9.93. The van der Waals surface area contributed by atoms with Gasteiger partial charge in [-0.25, -0.2) is 14.7 Å². The van der Waals surface area contributed by atoms with Crippen LogP contribution in [0.3, 0.4) is 0 Å². The number of aromatic nitrogens is 4. The topological polar surface area (TPSA) is 86.0 Å². The lowest BCUT2D eigenvalue weighted by molar-refractivity contribution is 0.626. The SMILES string of the molecule is NC1=NC(c2ccc(-n3cccn3)cc2)n2c(nc3ccccc32)N1. The molecule has 25 heavy (non-hydrogen) atoms. The van der Waals surface area contributed by atoms with Crippen molar-refractivity contribution in [1.29, 1.82) is 0 Å². The van der Waals surface area contributed by atoms with E-state index in [0.717, 1.165) is 22.3 Å². The van der Waals surface area contributed by atoms with Crippen LogP contribution in [-0.4, -0.2) is 25.3 Å². The number of imidazole rings is 1. The molecule has 0 fully saturated rings. The third-order valence-electron chi connectivity index (χ3n) is 4.30. The van der Waals surface area contributed by atoms with Crippen molar-refractivity contribution in [3.63, 3.8) is 0 Å². The van der Waals surface area contributed by atoms with E-state index >= 15 is 0 Å². The minimum Gasteiger partial charge on any atom is -0.370 e. The summed E-state index contributed by atoms with van der Waals surface area (Å²) in [6.07, 6.45) is 3.42. The first kappa shape index (κ1) is 13.8. The van der Waals surface area contributed by atoms with Crippen LogP contribution in [0.15, 0.2) is 72.0 Å². The number of anilines is 1. The molecule has 5 rings (SSSR count). The van der Waals surface area contributed by atoms with Crippen molar-refractivity contribution in [2.75, 3.05) is 5.32 Å². The zero-order valence-electron chi connectivity index (χ0n) is 13.2. The summed E-state index contributed by atoms with van der Waals surface area (Å²) in [5, 5.41) is 7.30. The molecular weight excluding hydrogens is 314 g/mol. The average molecular weight is 329 g/mol. The molecule has 3 N–H and O–H groups in total. The Kier molecular flexibility index (Phi) is 2.87. The second-order valence-corrected chi connectivity index (χ2v) is 5.85. The summed E-state index contributed by atoms with van der Waals surface area (Å²) in [4.78, 5) is 9.21. The number of nitrogens with zero attached hydrogens (tertiary/aromatic N) is 5. The van der Waals surface area contributed by atoms with E-state index in [0.29, 0.717) is 11.9 Å². The maximum absolute atomic E-state index is 5.98. The fraction of sp³-hybridized carbons (Fsp3) is 0.0556. The number of rotatable bonds is 2. The lowest BCUT2D eigenvalue weighted by Crippen LogP contribution is -2.31. The van der Waals surface area contributed by atoms with Crippen LogP contribution >= 0.6 is 0 Å². The number of hydrogen-bond donors (Lipinski definition) is 2. The monoisotopic (exact) mass is 329 g/mol. The molecule has 4 aromatic rings. The predicted octanol–water partition coefficient (Wildman–Crippen LogP) is 2.51. The lowest BCUT2D eigenvalue weighted by Gasteiger charge is -2.24. The molecule has 0 amide bonds. The second-order valence-electron chi connectivity index (χ2n) is 5.85. The van der Waals surface area contributed by atoms with Crippen molar-refractivity contribution in [1.82, 2.24) is 19.3 Å². The molecule has 1 aliphatic rings. The summed E-state index contributed by atoms with van der Waals surface area (Å²) in [6, 6.07) is 18.0. The standard InChI is InChI=1S/C18H15N7/c19-17-22-16(12-6-8-13(9-7-12)24-11-3-10-20-24)25-15-5-2-1-4-14(15)21-18(25)23-17/h1-11,16H,(H3,19,21,22,23). The molecule has 1 atom stereocenters. The Hall–Kier alpha value is -3.61. The number of para-hydroxylation sites is 2. The van der Waals surface area contributed by atoms with E-state index < -0.39 is 0 Å². The quantitative estimate of drug-likeness (QED) is 0.592. The van der Waals surface area contributed by atoms with Crippen LogP contribution < -0.4 is 11.1 Å². The zero-order chi connectivity index (χ0) is 16.8. The Balaban J connectivity index is 1.63. The lowest BCUT2D eigenvalue weighted by atomic mass is 10.1. The molecule has 7 heteroatoms. The van der Waals surface area contributed by atoms with Gasteiger partial charge < -0.3 is 5.73 Å². The summed E-state index contributed by atoms with van der Waals surface area (Å²) in [5.74, 6) is 1.07. The number of guanidine groups is 1. The van der Waals surface area contributed by atoms with Gasteiger partial charge in [0.2, 0.25) is 5.95 Å². The Morgan fingerprint density at radius 1 is 1.00 bits per heavy atom. The normalized spacial score (nSPS) is 16.3. The summed E-state index contributed by atoms with van der Waals surface area (Å²) in [7, 11) is 0. The molecule has 3 heterocycles. The molecule has 0 spiro atoms. The van der Waals surface area contributed by atoms with E-state index in [1.54, 1.807) is 6.20 Å². The van der Waals surface area contributed by atoms with Gasteiger partial charge in [-0.15, -0.1) is 0 Å². The molecule has 0 bridgehead atoms. The van der Waals surface area contributed by atoms with Crippen molar-refractivity contribution < 1.29 is 0 Å². The summed E-state index contributed by atoms with van der Waals surface area (Å²) < 4.78 is 3.89. The van der Waals surface area contributed by atoms with Gasteiger partial charge in [-0.05, 0) is 35.9 Å². The molecule has 0 aliphatic carbocycles. The fourth-order valence-corrected chi connectivity index (χ4v) is 3.16. The van der Waals surface area contributed by atoms with E-state index in [-0.39, 0.29) is 6.17 Å². The number of hydrogen-bond acceptors (Lipinski definition) is 5. The van der Waals surface area contributed by atoms with Gasteiger partial charge in [-0.2, -0.15) is 5.10 Å². The highest BCUT2D eigenvalue weighted by Crippen LogP contribution is 2.32. The minimum absolute atomic E-state index is 0.254. The third kappa shape index (κ3) is 2.17. The number of aliphatic imine (C=N–C) groups is 1. The Morgan fingerprint density at radius 3 is 2.64 bits per heavy atom. The molecule has 1 aliphatic heterocycles. The summed E-state index contributed by atoms with van der Waals surface area (Å²) in [6.45, 7) is 0. The van der Waals surface area contributed by atoms with E-state index in [1.165, 1.54) is 0 Å². The molecular formula is C18H15N7. The predicted molar refractivity (Wildman–Crippen MR) is 96.7 cm³/mol. The van der Waals surface area contributed by atoms with Gasteiger partial charge >= 0.3 is 0 Å². The van der Waals surface area contributed by atoms with Gasteiger partial charge in [0.1, 0.15) is 0 Å². The van der Waals surface area contributed by atoms with Crippen LogP contribution in [0.1, 0.15) is 11.7 Å². The van der Waals surface area contributed by atoms with Crippen LogP contribution in [0, 0.1) is 0 Å². The fourth-order valence-electron chi connectivity index (χ4n) is 3.16. The smallest absolute Gasteiger partial charge is 0.212 e. The van der Waals surface area contributed by atoms with Gasteiger partial charge in [-0.3, -0.25) is 9.88 Å². The van der Waals surface area contributed by atoms with Gasteiger partial charge in [0, 0.05) is 12.4 Å². The Morgan fingerprint density at radius 2 is 1.84 bits per heavy atom. The van der Waals surface area contributed by atoms with Crippen LogP contribution in [-0.2, 0) is 0 Å². The molecule has 2 aromatic heterocycles. The summed E-state index contributed by atoms with van der Waals surface area (Å²) >= 11 is 0. The van der Waals surface area contributed by atoms with Gasteiger partial charge in [0.15, 0.2) is 12.1 Å². The highest BCUT2D eigenvalue weighted by Gasteiger charge is 2.24. The van der Waals surface area contributed by atoms with E-state index in [1.807, 2.05) is 65.5 Å². The maximum atomic E-state index is 5.98. The molecule has 0 radical (unpaired) electrons. The molecule has 0 saturated carbocycles. The van der Waals surface area contributed by atoms with Crippen LogP contribution in [0.2, 0.25) is 0 Å². The second kappa shape index (κ2) is 5.20. The van der Waals surface area contributed by atoms with Crippen molar-refractivity contribution in [2.24, 2.45) is 10.7 Å². The first-order chi connectivity index (χ1) is 12.3. The largest absolute Gasteiger partial charge is 0.370 e. The van der Waals surface area contributed by atoms with Crippen LogP contribution in [0.25, 0.3) is 16.7 Å². The Labute approximate surface area is 143 Å². The number of nitrogens with one attached hydrogen (secondary N) is 1. The molecule has 7 nitrogen and oxygen atoms in total. The number of nitrogens with two attached hydrogens (primary N) is 1. The van der Waals surface area contributed by atoms with Crippen molar-refractivity contribution >= 4 is 22.9 Å². The minimum atomic E-state index is -0.254. The van der Waals surface area contributed by atoms with Gasteiger partial charge in [0.05, 0.1) is 16.7 Å². The third-order valence-corrected chi connectivity index (χ3v) is 4.30.